The average molecular weight is 276 g/mol. The third-order valence-electron chi connectivity index (χ3n) is 3.17. The molecule has 1 N–H and O–H groups in total. The zero-order valence-corrected chi connectivity index (χ0v) is 10.6. The number of nitrogens with zero attached hydrogens (tertiary/aromatic N) is 3. The lowest BCUT2D eigenvalue weighted by Gasteiger charge is -2.03. The van der Waals surface area contributed by atoms with Crippen LogP contribution in [0.4, 0.5) is 10.1 Å². The second-order valence-corrected chi connectivity index (χ2v) is 4.80. The molecule has 0 unspecified atom stereocenters. The number of nitrogens with one attached hydrogen (secondary N) is 1. The molecule has 1 saturated carbocycles. The van der Waals surface area contributed by atoms with Gasteiger partial charge in [-0.15, -0.1) is 0 Å². The van der Waals surface area contributed by atoms with Crippen molar-refractivity contribution in [3.63, 3.8) is 0 Å². The van der Waals surface area contributed by atoms with Crippen molar-refractivity contribution in [2.45, 2.75) is 25.4 Å². The second kappa shape index (κ2) is 5.01. The molecule has 0 aliphatic heterocycles. The largest absolute Gasteiger partial charge is 0.308 e. The van der Waals surface area contributed by atoms with Gasteiger partial charge in [-0.2, -0.15) is 5.10 Å². The summed E-state index contributed by atoms with van der Waals surface area (Å²) in [6, 6.07) is 5.81. The van der Waals surface area contributed by atoms with Gasteiger partial charge in [0.05, 0.1) is 16.7 Å². The minimum Gasteiger partial charge on any atom is -0.308 e. The molecule has 0 radical (unpaired) electrons. The molecule has 1 aliphatic carbocycles. The first kappa shape index (κ1) is 12.7. The third-order valence-corrected chi connectivity index (χ3v) is 3.17. The number of aromatic nitrogens is 2. The van der Waals surface area contributed by atoms with E-state index >= 15 is 0 Å². The highest BCUT2D eigenvalue weighted by Crippen LogP contribution is 2.23. The fourth-order valence-corrected chi connectivity index (χ4v) is 1.96. The quantitative estimate of drug-likeness (QED) is 0.671. The minimum atomic E-state index is -0.636. The van der Waals surface area contributed by atoms with Crippen LogP contribution in [0.2, 0.25) is 0 Å². The van der Waals surface area contributed by atoms with Crippen molar-refractivity contribution < 1.29 is 9.31 Å². The summed E-state index contributed by atoms with van der Waals surface area (Å²) in [4.78, 5) is 10.4. The first-order chi connectivity index (χ1) is 9.63. The van der Waals surface area contributed by atoms with Gasteiger partial charge < -0.3 is 5.32 Å². The van der Waals surface area contributed by atoms with Gasteiger partial charge in [-0.05, 0) is 31.0 Å². The van der Waals surface area contributed by atoms with Crippen LogP contribution in [0.5, 0.6) is 0 Å². The van der Waals surface area contributed by atoms with Crippen LogP contribution in [-0.2, 0) is 6.54 Å². The number of hydrogen-bond donors (Lipinski definition) is 1. The monoisotopic (exact) mass is 276 g/mol. The van der Waals surface area contributed by atoms with Gasteiger partial charge in [0, 0.05) is 18.8 Å². The number of nitro benzene ring substituents is 1. The van der Waals surface area contributed by atoms with Crippen molar-refractivity contribution in [2.24, 2.45) is 0 Å². The molecule has 104 valence electrons. The van der Waals surface area contributed by atoms with Crippen LogP contribution < -0.4 is 5.32 Å². The summed E-state index contributed by atoms with van der Waals surface area (Å²) < 4.78 is 14.5. The first-order valence-electron chi connectivity index (χ1n) is 6.36. The van der Waals surface area contributed by atoms with Gasteiger partial charge >= 0.3 is 0 Å². The molecule has 0 bridgehead atoms. The van der Waals surface area contributed by atoms with E-state index in [0.29, 0.717) is 12.6 Å². The van der Waals surface area contributed by atoms with Gasteiger partial charge in [0.25, 0.3) is 5.69 Å². The first-order valence-corrected chi connectivity index (χ1v) is 6.36. The third kappa shape index (κ3) is 2.67. The lowest BCUT2D eigenvalue weighted by Crippen LogP contribution is -2.15. The predicted molar refractivity (Wildman–Crippen MR) is 70.0 cm³/mol. The summed E-state index contributed by atoms with van der Waals surface area (Å²) in [6.07, 6.45) is 4.01. The molecule has 1 heterocycles. The molecule has 2 aromatic rings. The Labute approximate surface area is 114 Å². The Morgan fingerprint density at radius 1 is 1.45 bits per heavy atom. The summed E-state index contributed by atoms with van der Waals surface area (Å²) in [6.45, 7) is 0.632. The molecule has 0 amide bonds. The van der Waals surface area contributed by atoms with Gasteiger partial charge in [0.1, 0.15) is 11.5 Å². The molecule has 1 aromatic carbocycles. The Morgan fingerprint density at radius 2 is 2.25 bits per heavy atom. The molecule has 1 aliphatic rings. The van der Waals surface area contributed by atoms with Crippen LogP contribution in [0.1, 0.15) is 18.5 Å². The number of nitro groups is 1. The molecule has 3 rings (SSSR count). The molecule has 0 spiro atoms. The summed E-state index contributed by atoms with van der Waals surface area (Å²) in [7, 11) is 0. The summed E-state index contributed by atoms with van der Waals surface area (Å²) in [5.41, 5.74) is 0.763. The van der Waals surface area contributed by atoms with Crippen LogP contribution in [0.15, 0.2) is 30.5 Å². The molecule has 6 nitrogen and oxygen atoms in total. The van der Waals surface area contributed by atoms with E-state index in [1.54, 1.807) is 12.3 Å². The number of halogens is 1. The van der Waals surface area contributed by atoms with Crippen LogP contribution in [-0.4, -0.2) is 20.7 Å². The van der Waals surface area contributed by atoms with Crippen LogP contribution in [0, 0.1) is 15.9 Å². The molecule has 0 atom stereocenters. The Bertz CT molecular complexity index is 652. The van der Waals surface area contributed by atoms with Gasteiger partial charge in [-0.3, -0.25) is 10.1 Å². The van der Waals surface area contributed by atoms with E-state index < -0.39 is 10.7 Å². The number of hydrogen-bond acceptors (Lipinski definition) is 4. The van der Waals surface area contributed by atoms with E-state index in [9.17, 15) is 14.5 Å². The lowest BCUT2D eigenvalue weighted by atomic mass is 10.2. The average Bonchev–Trinajstić information content (AvgIpc) is 3.14. The maximum atomic E-state index is 13.1. The highest BCUT2D eigenvalue weighted by molar-refractivity contribution is 5.51. The second-order valence-electron chi connectivity index (χ2n) is 4.80. The number of benzene rings is 1. The summed E-state index contributed by atoms with van der Waals surface area (Å²) in [5, 5.41) is 18.6. The van der Waals surface area contributed by atoms with Crippen molar-refractivity contribution in [2.75, 3.05) is 0 Å². The molecule has 0 saturated heterocycles. The molecule has 7 heteroatoms. The smallest absolute Gasteiger partial charge is 0.297 e. The summed E-state index contributed by atoms with van der Waals surface area (Å²) in [5.74, 6) is -0.636. The zero-order valence-electron chi connectivity index (χ0n) is 10.6. The summed E-state index contributed by atoms with van der Waals surface area (Å²) >= 11 is 0. The van der Waals surface area contributed by atoms with Gasteiger partial charge in [0.2, 0.25) is 0 Å². The topological polar surface area (TPSA) is 73.0 Å². The van der Waals surface area contributed by atoms with E-state index in [0.717, 1.165) is 11.8 Å². The minimum absolute atomic E-state index is 0.258. The molecule has 20 heavy (non-hydrogen) atoms. The van der Waals surface area contributed by atoms with Gasteiger partial charge in [-0.25, -0.2) is 9.07 Å². The van der Waals surface area contributed by atoms with Crippen LogP contribution >= 0.6 is 0 Å². The highest BCUT2D eigenvalue weighted by Gasteiger charge is 2.21. The van der Waals surface area contributed by atoms with E-state index in [1.165, 1.54) is 29.7 Å². The zero-order chi connectivity index (χ0) is 14.1. The Hall–Kier alpha value is -2.28. The van der Waals surface area contributed by atoms with Crippen molar-refractivity contribution in [1.29, 1.82) is 0 Å². The SMILES string of the molecule is O=[N+]([O-])c1cc(F)ccc1-n1ccc(CNC2CC2)n1. The maximum Gasteiger partial charge on any atom is 0.297 e. The van der Waals surface area contributed by atoms with Crippen molar-refractivity contribution >= 4 is 5.69 Å². The molecular weight excluding hydrogens is 263 g/mol. The van der Waals surface area contributed by atoms with Crippen molar-refractivity contribution in [3.8, 4) is 5.69 Å². The molecule has 1 aromatic heterocycles. The van der Waals surface area contributed by atoms with E-state index in [4.69, 9.17) is 0 Å². The normalized spacial score (nSPS) is 14.4. The number of rotatable bonds is 5. The Morgan fingerprint density at radius 3 is 2.95 bits per heavy atom. The standard InChI is InChI=1S/C13H13FN4O2/c14-9-1-4-12(13(7-9)18(19)20)17-6-5-11(16-17)8-15-10-2-3-10/h1,4-7,10,15H,2-3,8H2. The van der Waals surface area contributed by atoms with E-state index in [1.807, 2.05) is 0 Å². The van der Waals surface area contributed by atoms with Crippen molar-refractivity contribution in [1.82, 2.24) is 15.1 Å². The fourth-order valence-electron chi connectivity index (χ4n) is 1.96. The maximum absolute atomic E-state index is 13.1. The Balaban J connectivity index is 1.86. The molecule has 1 fully saturated rings. The Kier molecular flexibility index (Phi) is 3.19. The fraction of sp³-hybridized carbons (Fsp3) is 0.308. The molecular formula is C13H13FN4O2. The predicted octanol–water partition coefficient (Wildman–Crippen LogP) is 2.17. The van der Waals surface area contributed by atoms with Crippen LogP contribution in [0.3, 0.4) is 0 Å². The van der Waals surface area contributed by atoms with Gasteiger partial charge in [-0.1, -0.05) is 0 Å². The van der Waals surface area contributed by atoms with Gasteiger partial charge in [0.15, 0.2) is 0 Å². The van der Waals surface area contributed by atoms with E-state index in [2.05, 4.69) is 10.4 Å². The highest BCUT2D eigenvalue weighted by atomic mass is 19.1. The van der Waals surface area contributed by atoms with Crippen LogP contribution in [0.25, 0.3) is 5.69 Å². The van der Waals surface area contributed by atoms with Crippen molar-refractivity contribution in [3.05, 3.63) is 52.1 Å². The lowest BCUT2D eigenvalue weighted by molar-refractivity contribution is -0.384. The van der Waals surface area contributed by atoms with E-state index in [-0.39, 0.29) is 11.4 Å².